The SMILES string of the molecule is COc1ccc(OCc2ccc(F)c(Br)c2)c(CO)c1. The van der Waals surface area contributed by atoms with Gasteiger partial charge in [0.1, 0.15) is 23.9 Å². The molecule has 0 heterocycles. The molecular formula is C15H14BrFO3. The summed E-state index contributed by atoms with van der Waals surface area (Å²) >= 11 is 3.13. The number of hydrogen-bond acceptors (Lipinski definition) is 3. The van der Waals surface area contributed by atoms with Crippen LogP contribution in [0.1, 0.15) is 11.1 Å². The first-order valence-electron chi connectivity index (χ1n) is 5.98. The van der Waals surface area contributed by atoms with E-state index in [2.05, 4.69) is 15.9 Å². The van der Waals surface area contributed by atoms with Gasteiger partial charge < -0.3 is 14.6 Å². The minimum absolute atomic E-state index is 0.139. The molecule has 2 aromatic rings. The van der Waals surface area contributed by atoms with E-state index in [1.807, 2.05) is 0 Å². The molecule has 20 heavy (non-hydrogen) atoms. The number of aliphatic hydroxyl groups is 1. The van der Waals surface area contributed by atoms with Crippen LogP contribution < -0.4 is 9.47 Å². The van der Waals surface area contributed by atoms with E-state index in [1.54, 1.807) is 37.4 Å². The number of rotatable bonds is 5. The summed E-state index contributed by atoms with van der Waals surface area (Å²) in [6.45, 7) is 0.151. The molecular weight excluding hydrogens is 327 g/mol. The van der Waals surface area contributed by atoms with E-state index in [-0.39, 0.29) is 19.0 Å². The summed E-state index contributed by atoms with van der Waals surface area (Å²) in [4.78, 5) is 0. The highest BCUT2D eigenvalue weighted by molar-refractivity contribution is 9.10. The van der Waals surface area contributed by atoms with Crippen molar-refractivity contribution in [1.29, 1.82) is 0 Å². The van der Waals surface area contributed by atoms with Crippen LogP contribution in [0.2, 0.25) is 0 Å². The number of hydrogen-bond donors (Lipinski definition) is 1. The summed E-state index contributed by atoms with van der Waals surface area (Å²) in [7, 11) is 1.56. The van der Waals surface area contributed by atoms with Gasteiger partial charge in [0, 0.05) is 5.56 Å². The zero-order valence-corrected chi connectivity index (χ0v) is 12.5. The zero-order chi connectivity index (χ0) is 14.5. The lowest BCUT2D eigenvalue weighted by Crippen LogP contribution is -1.99. The van der Waals surface area contributed by atoms with Gasteiger partial charge in [0.25, 0.3) is 0 Å². The highest BCUT2D eigenvalue weighted by Crippen LogP contribution is 2.25. The molecule has 0 fully saturated rings. The minimum Gasteiger partial charge on any atom is -0.497 e. The largest absolute Gasteiger partial charge is 0.497 e. The monoisotopic (exact) mass is 340 g/mol. The second-order valence-electron chi connectivity index (χ2n) is 4.17. The van der Waals surface area contributed by atoms with Crippen LogP contribution in [0.25, 0.3) is 0 Å². The number of benzene rings is 2. The molecule has 0 saturated carbocycles. The van der Waals surface area contributed by atoms with E-state index in [0.717, 1.165) is 5.56 Å². The van der Waals surface area contributed by atoms with Gasteiger partial charge in [0.05, 0.1) is 18.2 Å². The lowest BCUT2D eigenvalue weighted by Gasteiger charge is -2.12. The summed E-state index contributed by atoms with van der Waals surface area (Å²) in [6, 6.07) is 9.91. The van der Waals surface area contributed by atoms with Crippen molar-refractivity contribution in [2.24, 2.45) is 0 Å². The Hall–Kier alpha value is -1.59. The van der Waals surface area contributed by atoms with E-state index < -0.39 is 0 Å². The van der Waals surface area contributed by atoms with Gasteiger partial charge in [0.15, 0.2) is 0 Å². The Kier molecular flexibility index (Phi) is 4.98. The van der Waals surface area contributed by atoms with Crippen LogP contribution in [0, 0.1) is 5.82 Å². The molecule has 0 aliphatic rings. The molecule has 0 bridgehead atoms. The first kappa shape index (κ1) is 14.8. The predicted molar refractivity (Wildman–Crippen MR) is 77.3 cm³/mol. The van der Waals surface area contributed by atoms with Gasteiger partial charge in [-0.3, -0.25) is 0 Å². The third-order valence-corrected chi connectivity index (χ3v) is 3.42. The average molecular weight is 341 g/mol. The van der Waals surface area contributed by atoms with E-state index in [1.165, 1.54) is 6.07 Å². The molecule has 0 aliphatic carbocycles. The summed E-state index contributed by atoms with van der Waals surface area (Å²) in [5, 5.41) is 9.32. The Bertz CT molecular complexity index is 602. The van der Waals surface area contributed by atoms with Crippen molar-refractivity contribution in [3.8, 4) is 11.5 Å². The average Bonchev–Trinajstić information content (AvgIpc) is 2.48. The Balaban J connectivity index is 2.12. The van der Waals surface area contributed by atoms with Crippen molar-refractivity contribution in [1.82, 2.24) is 0 Å². The smallest absolute Gasteiger partial charge is 0.137 e. The quantitative estimate of drug-likeness (QED) is 0.902. The summed E-state index contributed by atoms with van der Waals surface area (Å²) in [5.74, 6) is 0.925. The molecule has 0 unspecified atom stereocenters. The molecule has 0 aromatic heterocycles. The second kappa shape index (κ2) is 6.72. The minimum atomic E-state index is -0.311. The molecule has 2 aromatic carbocycles. The first-order chi connectivity index (χ1) is 9.63. The first-order valence-corrected chi connectivity index (χ1v) is 6.78. The van der Waals surface area contributed by atoms with Crippen LogP contribution >= 0.6 is 15.9 Å². The van der Waals surface area contributed by atoms with Crippen LogP contribution in [0.5, 0.6) is 11.5 Å². The van der Waals surface area contributed by atoms with Crippen molar-refractivity contribution in [2.45, 2.75) is 13.2 Å². The fraction of sp³-hybridized carbons (Fsp3) is 0.200. The maximum absolute atomic E-state index is 13.1. The Morgan fingerprint density at radius 1 is 1.20 bits per heavy atom. The number of halogens is 2. The van der Waals surface area contributed by atoms with E-state index in [4.69, 9.17) is 9.47 Å². The molecule has 106 valence electrons. The molecule has 0 aliphatic heterocycles. The van der Waals surface area contributed by atoms with Crippen LogP contribution in [-0.2, 0) is 13.2 Å². The molecule has 0 atom stereocenters. The maximum Gasteiger partial charge on any atom is 0.137 e. The van der Waals surface area contributed by atoms with Gasteiger partial charge in [-0.15, -0.1) is 0 Å². The van der Waals surface area contributed by atoms with Crippen LogP contribution in [-0.4, -0.2) is 12.2 Å². The van der Waals surface area contributed by atoms with Crippen LogP contribution in [0.15, 0.2) is 40.9 Å². The summed E-state index contributed by atoms with van der Waals surface area (Å²) < 4.78 is 24.3. The third kappa shape index (κ3) is 3.49. The Morgan fingerprint density at radius 3 is 2.65 bits per heavy atom. The van der Waals surface area contributed by atoms with Gasteiger partial charge in [-0.1, -0.05) is 6.07 Å². The maximum atomic E-state index is 13.1. The molecule has 1 N–H and O–H groups in total. The molecule has 0 saturated heterocycles. The predicted octanol–water partition coefficient (Wildman–Crippen LogP) is 3.67. The van der Waals surface area contributed by atoms with Crippen molar-refractivity contribution in [3.05, 3.63) is 57.8 Å². The highest BCUT2D eigenvalue weighted by atomic mass is 79.9. The van der Waals surface area contributed by atoms with Crippen LogP contribution in [0.3, 0.4) is 0 Å². The van der Waals surface area contributed by atoms with Gasteiger partial charge in [-0.05, 0) is 51.8 Å². The van der Waals surface area contributed by atoms with Crippen LogP contribution in [0.4, 0.5) is 4.39 Å². The third-order valence-electron chi connectivity index (χ3n) is 2.82. The summed E-state index contributed by atoms with van der Waals surface area (Å²) in [6.07, 6.45) is 0. The number of methoxy groups -OCH3 is 1. The molecule has 3 nitrogen and oxygen atoms in total. The highest BCUT2D eigenvalue weighted by Gasteiger charge is 2.06. The van der Waals surface area contributed by atoms with Gasteiger partial charge >= 0.3 is 0 Å². The van der Waals surface area contributed by atoms with Crippen molar-refractivity contribution >= 4 is 15.9 Å². The Labute approximate surface area is 125 Å². The molecule has 0 spiro atoms. The molecule has 5 heteroatoms. The van der Waals surface area contributed by atoms with E-state index in [9.17, 15) is 9.50 Å². The fourth-order valence-electron chi connectivity index (χ4n) is 1.74. The lowest BCUT2D eigenvalue weighted by atomic mass is 10.2. The number of aliphatic hydroxyl groups excluding tert-OH is 1. The van der Waals surface area contributed by atoms with Crippen molar-refractivity contribution < 1.29 is 19.0 Å². The summed E-state index contributed by atoms with van der Waals surface area (Å²) in [5.41, 5.74) is 1.48. The topological polar surface area (TPSA) is 38.7 Å². The van der Waals surface area contributed by atoms with Crippen molar-refractivity contribution in [2.75, 3.05) is 7.11 Å². The van der Waals surface area contributed by atoms with Gasteiger partial charge in [-0.2, -0.15) is 0 Å². The van der Waals surface area contributed by atoms with E-state index >= 15 is 0 Å². The Morgan fingerprint density at radius 2 is 2.00 bits per heavy atom. The van der Waals surface area contributed by atoms with Gasteiger partial charge in [-0.25, -0.2) is 4.39 Å². The van der Waals surface area contributed by atoms with E-state index in [0.29, 0.717) is 21.5 Å². The molecule has 2 rings (SSSR count). The second-order valence-corrected chi connectivity index (χ2v) is 5.02. The van der Waals surface area contributed by atoms with Crippen molar-refractivity contribution in [3.63, 3.8) is 0 Å². The fourth-order valence-corrected chi connectivity index (χ4v) is 2.16. The zero-order valence-electron chi connectivity index (χ0n) is 10.9. The normalized spacial score (nSPS) is 10.4. The lowest BCUT2D eigenvalue weighted by molar-refractivity contribution is 0.258. The number of ether oxygens (including phenoxy) is 2. The van der Waals surface area contributed by atoms with Gasteiger partial charge in [0.2, 0.25) is 0 Å². The standard InChI is InChI=1S/C15H14BrFO3/c1-19-12-3-5-15(11(7-12)8-18)20-9-10-2-4-14(17)13(16)6-10/h2-7,18H,8-9H2,1H3. The molecule has 0 amide bonds. The molecule has 0 radical (unpaired) electrons.